The molecule has 3 rings (SSSR count). The van der Waals surface area contributed by atoms with E-state index in [0.29, 0.717) is 24.5 Å². The highest BCUT2D eigenvalue weighted by atomic mass is 79.9. The van der Waals surface area contributed by atoms with Gasteiger partial charge in [-0.05, 0) is 54.1 Å². The van der Waals surface area contributed by atoms with Crippen molar-refractivity contribution in [2.24, 2.45) is 4.40 Å². The largest absolute Gasteiger partial charge is 0.385 e. The minimum Gasteiger partial charge on any atom is -0.385 e. The van der Waals surface area contributed by atoms with Crippen molar-refractivity contribution in [3.63, 3.8) is 0 Å². The molecule has 29 heavy (non-hydrogen) atoms. The first-order chi connectivity index (χ1) is 13.9. The molecule has 9 heteroatoms. The molecule has 0 atom stereocenters. The molecule has 152 valence electrons. The number of hydrogen-bond acceptors (Lipinski definition) is 5. The molecular formula is C20H19BrN2O4S2. The van der Waals surface area contributed by atoms with Crippen LogP contribution in [0.2, 0.25) is 0 Å². The van der Waals surface area contributed by atoms with Gasteiger partial charge in [0.05, 0.1) is 9.80 Å². The third-order valence-electron chi connectivity index (χ3n) is 4.03. The van der Waals surface area contributed by atoms with E-state index in [2.05, 4.69) is 20.3 Å². The van der Waals surface area contributed by atoms with E-state index < -0.39 is 10.0 Å². The number of halogens is 1. The molecule has 2 aromatic carbocycles. The summed E-state index contributed by atoms with van der Waals surface area (Å²) in [5.74, 6) is -0.268. The second kappa shape index (κ2) is 9.71. The number of methoxy groups -OCH3 is 1. The predicted molar refractivity (Wildman–Crippen MR) is 119 cm³/mol. The summed E-state index contributed by atoms with van der Waals surface area (Å²) in [5, 5.41) is 0.151. The zero-order chi connectivity index (χ0) is 20.9. The summed E-state index contributed by atoms with van der Waals surface area (Å²) in [6.07, 6.45) is 2.30. The molecule has 0 radical (unpaired) electrons. The number of nitrogens with zero attached hydrogens (tertiary/aromatic N) is 2. The van der Waals surface area contributed by atoms with Crippen LogP contribution in [0.5, 0.6) is 0 Å². The molecule has 1 amide bonds. The van der Waals surface area contributed by atoms with E-state index in [0.717, 1.165) is 21.8 Å². The average molecular weight is 495 g/mol. The molecule has 0 aromatic heterocycles. The number of benzene rings is 2. The highest BCUT2D eigenvalue weighted by Crippen LogP contribution is 2.34. The van der Waals surface area contributed by atoms with Gasteiger partial charge in [-0.3, -0.25) is 9.69 Å². The average Bonchev–Trinajstić information content (AvgIpc) is 2.99. The van der Waals surface area contributed by atoms with Crippen molar-refractivity contribution in [3.8, 4) is 0 Å². The van der Waals surface area contributed by atoms with Crippen LogP contribution in [0, 0.1) is 0 Å². The molecule has 0 saturated carbocycles. The third-order valence-corrected chi connectivity index (χ3v) is 6.96. The Labute approximate surface area is 182 Å². The minimum absolute atomic E-state index is 0.0859. The van der Waals surface area contributed by atoms with Gasteiger partial charge >= 0.3 is 0 Å². The molecule has 1 fully saturated rings. The number of amides is 1. The second-order valence-corrected chi connectivity index (χ2v) is 9.66. The Kier molecular flexibility index (Phi) is 7.28. The number of thioether (sulfide) groups is 1. The fraction of sp³-hybridized carbons (Fsp3) is 0.200. The molecular weight excluding hydrogens is 476 g/mol. The molecule has 1 aliphatic rings. The number of amidine groups is 1. The predicted octanol–water partition coefficient (Wildman–Crippen LogP) is 4.15. The third kappa shape index (κ3) is 5.57. The van der Waals surface area contributed by atoms with Crippen LogP contribution in [0.25, 0.3) is 6.08 Å². The van der Waals surface area contributed by atoms with Crippen LogP contribution in [0.3, 0.4) is 0 Å². The van der Waals surface area contributed by atoms with Gasteiger partial charge in [0.2, 0.25) is 0 Å². The van der Waals surface area contributed by atoms with Crippen LogP contribution in [-0.2, 0) is 19.6 Å². The maximum atomic E-state index is 12.9. The SMILES string of the molecule is COCCCN1C(=O)/C(=C/c2ccc(Br)cc2)S/C1=N\S(=O)(=O)c1ccccc1. The number of ether oxygens (including phenoxy) is 1. The zero-order valence-electron chi connectivity index (χ0n) is 15.6. The van der Waals surface area contributed by atoms with Crippen molar-refractivity contribution in [1.29, 1.82) is 0 Å². The van der Waals surface area contributed by atoms with Crippen molar-refractivity contribution >= 4 is 54.9 Å². The number of hydrogen-bond donors (Lipinski definition) is 0. The smallest absolute Gasteiger partial charge is 0.284 e. The van der Waals surface area contributed by atoms with Crippen LogP contribution in [0.1, 0.15) is 12.0 Å². The molecule has 0 unspecified atom stereocenters. The second-order valence-electron chi connectivity index (χ2n) is 6.13. The molecule has 0 spiro atoms. The van der Waals surface area contributed by atoms with Crippen molar-refractivity contribution < 1.29 is 17.9 Å². The zero-order valence-corrected chi connectivity index (χ0v) is 18.8. The van der Waals surface area contributed by atoms with Crippen LogP contribution in [-0.4, -0.2) is 44.7 Å². The van der Waals surface area contributed by atoms with Crippen LogP contribution < -0.4 is 0 Å². The lowest BCUT2D eigenvalue weighted by Crippen LogP contribution is -2.31. The molecule has 2 aromatic rings. The van der Waals surface area contributed by atoms with E-state index >= 15 is 0 Å². The number of rotatable bonds is 7. The van der Waals surface area contributed by atoms with Gasteiger partial charge in [-0.1, -0.05) is 46.3 Å². The van der Waals surface area contributed by atoms with E-state index in [4.69, 9.17) is 4.74 Å². The van der Waals surface area contributed by atoms with Gasteiger partial charge in [-0.25, -0.2) is 0 Å². The Bertz CT molecular complexity index is 1040. The van der Waals surface area contributed by atoms with Gasteiger partial charge in [-0.2, -0.15) is 8.42 Å². The molecule has 1 aliphatic heterocycles. The van der Waals surface area contributed by atoms with Gasteiger partial charge < -0.3 is 4.74 Å². The van der Waals surface area contributed by atoms with Gasteiger partial charge in [0, 0.05) is 24.7 Å². The summed E-state index contributed by atoms with van der Waals surface area (Å²) in [7, 11) is -2.35. The Morgan fingerprint density at radius 1 is 1.14 bits per heavy atom. The fourth-order valence-corrected chi connectivity index (χ4v) is 5.09. The van der Waals surface area contributed by atoms with Crippen molar-refractivity contribution in [3.05, 3.63) is 69.5 Å². The van der Waals surface area contributed by atoms with Crippen molar-refractivity contribution in [2.45, 2.75) is 11.3 Å². The summed E-state index contributed by atoms with van der Waals surface area (Å²) in [4.78, 5) is 14.8. The summed E-state index contributed by atoms with van der Waals surface area (Å²) < 4.78 is 35.3. The monoisotopic (exact) mass is 494 g/mol. The lowest BCUT2D eigenvalue weighted by molar-refractivity contribution is -0.122. The molecule has 1 saturated heterocycles. The van der Waals surface area contributed by atoms with E-state index in [1.807, 2.05) is 24.3 Å². The normalized spacial score (nSPS) is 17.4. The van der Waals surface area contributed by atoms with Gasteiger partial charge in [0.1, 0.15) is 0 Å². The quantitative estimate of drug-likeness (QED) is 0.426. The number of carbonyl (C=O) groups excluding carboxylic acids is 1. The molecule has 1 heterocycles. The highest BCUT2D eigenvalue weighted by Gasteiger charge is 2.34. The molecule has 0 aliphatic carbocycles. The summed E-state index contributed by atoms with van der Waals surface area (Å²) >= 11 is 4.44. The lowest BCUT2D eigenvalue weighted by atomic mass is 10.2. The van der Waals surface area contributed by atoms with Gasteiger partial charge in [-0.15, -0.1) is 4.40 Å². The Morgan fingerprint density at radius 2 is 1.83 bits per heavy atom. The Hall–Kier alpha value is -1.94. The summed E-state index contributed by atoms with van der Waals surface area (Å²) in [6, 6.07) is 15.5. The molecule has 0 N–H and O–H groups in total. The van der Waals surface area contributed by atoms with Crippen molar-refractivity contribution in [1.82, 2.24) is 4.90 Å². The maximum Gasteiger partial charge on any atom is 0.284 e. The van der Waals surface area contributed by atoms with E-state index in [-0.39, 0.29) is 16.0 Å². The lowest BCUT2D eigenvalue weighted by Gasteiger charge is -2.15. The standard InChI is InChI=1S/C20H19BrN2O4S2/c1-27-13-5-12-23-19(24)18(14-15-8-10-16(21)11-9-15)28-20(23)22-29(25,26)17-6-3-2-4-7-17/h2-4,6-11,14H,5,12-13H2,1H3/b18-14-,22-20-. The van der Waals surface area contributed by atoms with Gasteiger partial charge in [0.15, 0.2) is 5.17 Å². The first-order valence-electron chi connectivity index (χ1n) is 8.76. The Morgan fingerprint density at radius 3 is 2.48 bits per heavy atom. The van der Waals surface area contributed by atoms with E-state index in [1.165, 1.54) is 17.0 Å². The number of sulfonamides is 1. The van der Waals surface area contributed by atoms with Crippen LogP contribution in [0.4, 0.5) is 0 Å². The topological polar surface area (TPSA) is 76.0 Å². The van der Waals surface area contributed by atoms with Gasteiger partial charge in [0.25, 0.3) is 15.9 Å². The summed E-state index contributed by atoms with van der Waals surface area (Å²) in [5.41, 5.74) is 0.841. The van der Waals surface area contributed by atoms with Crippen LogP contribution >= 0.6 is 27.7 Å². The number of carbonyl (C=O) groups is 1. The maximum absolute atomic E-state index is 12.9. The molecule has 6 nitrogen and oxygen atoms in total. The first kappa shape index (κ1) is 21.8. The summed E-state index contributed by atoms with van der Waals surface area (Å²) in [6.45, 7) is 0.777. The van der Waals surface area contributed by atoms with Crippen molar-refractivity contribution in [2.75, 3.05) is 20.3 Å². The Balaban J connectivity index is 1.94. The highest BCUT2D eigenvalue weighted by molar-refractivity contribution is 9.10. The van der Waals surface area contributed by atoms with E-state index in [1.54, 1.807) is 31.4 Å². The minimum atomic E-state index is -3.92. The molecule has 0 bridgehead atoms. The fourth-order valence-electron chi connectivity index (χ4n) is 2.60. The van der Waals surface area contributed by atoms with E-state index in [9.17, 15) is 13.2 Å². The first-order valence-corrected chi connectivity index (χ1v) is 11.8. The van der Waals surface area contributed by atoms with Crippen LogP contribution in [0.15, 0.2) is 73.3 Å².